The molecule has 2 rings (SSSR count). The summed E-state index contributed by atoms with van der Waals surface area (Å²) in [6.07, 6.45) is -3.39. The van der Waals surface area contributed by atoms with Gasteiger partial charge in [-0.05, 0) is 36.5 Å². The zero-order valence-corrected chi connectivity index (χ0v) is 13.6. The van der Waals surface area contributed by atoms with Crippen molar-refractivity contribution >= 4 is 34.9 Å². The molecule has 0 radical (unpaired) electrons. The van der Waals surface area contributed by atoms with Gasteiger partial charge in [0.15, 0.2) is 10.9 Å². The summed E-state index contributed by atoms with van der Waals surface area (Å²) in [5.41, 5.74) is 0.955. The SMILES string of the molecule is O=[N+]([O-])c1cc(/C=N\NC(=S)Nc2ccccc2C(F)(F)F)ccc1O. The number of phenolic OH excluding ortho intramolecular Hbond substituents is 1. The molecule has 0 saturated carbocycles. The molecular formula is C15H11F3N4O3S. The smallest absolute Gasteiger partial charge is 0.418 e. The standard InChI is InChI=1S/C15H11F3N4O3S/c16-15(17,18)10-3-1-2-4-11(10)20-14(26)21-19-8-9-5-6-13(23)12(7-9)22(24)25/h1-8,23H,(H2,20,21,26)/b19-8-. The molecule has 0 heterocycles. The molecule has 0 spiro atoms. The number of nitrogens with one attached hydrogen (secondary N) is 2. The van der Waals surface area contributed by atoms with Crippen LogP contribution in [0, 0.1) is 10.1 Å². The summed E-state index contributed by atoms with van der Waals surface area (Å²) in [4.78, 5) is 9.97. The van der Waals surface area contributed by atoms with Crippen molar-refractivity contribution in [3.63, 3.8) is 0 Å². The number of hydrogen-bond acceptors (Lipinski definition) is 5. The lowest BCUT2D eigenvalue weighted by Gasteiger charge is -2.14. The van der Waals surface area contributed by atoms with E-state index in [1.807, 2.05) is 0 Å². The second-order valence-corrected chi connectivity index (χ2v) is 5.28. The highest BCUT2D eigenvalue weighted by atomic mass is 32.1. The molecule has 3 N–H and O–H groups in total. The Morgan fingerprint density at radius 1 is 1.27 bits per heavy atom. The number of nitrogens with zero attached hydrogens (tertiary/aromatic N) is 2. The molecule has 136 valence electrons. The Kier molecular flexibility index (Phi) is 5.72. The van der Waals surface area contributed by atoms with Gasteiger partial charge in [-0.3, -0.25) is 15.5 Å². The largest absolute Gasteiger partial charge is 0.502 e. The molecule has 0 amide bonds. The third-order valence-electron chi connectivity index (χ3n) is 3.06. The van der Waals surface area contributed by atoms with Gasteiger partial charge in [0.2, 0.25) is 0 Å². The molecule has 7 nitrogen and oxygen atoms in total. The van der Waals surface area contributed by atoms with E-state index in [0.717, 1.165) is 24.4 Å². The number of phenols is 1. The van der Waals surface area contributed by atoms with Crippen LogP contribution in [0.2, 0.25) is 0 Å². The maximum atomic E-state index is 12.9. The van der Waals surface area contributed by atoms with Crippen LogP contribution < -0.4 is 10.7 Å². The van der Waals surface area contributed by atoms with E-state index in [9.17, 15) is 28.4 Å². The lowest BCUT2D eigenvalue weighted by atomic mass is 10.2. The van der Waals surface area contributed by atoms with E-state index < -0.39 is 28.1 Å². The summed E-state index contributed by atoms with van der Waals surface area (Å²) in [5.74, 6) is -0.499. The summed E-state index contributed by atoms with van der Waals surface area (Å²) in [6.45, 7) is 0. The molecule has 0 bridgehead atoms. The number of hydrazone groups is 1. The molecular weight excluding hydrogens is 373 g/mol. The van der Waals surface area contributed by atoms with Gasteiger partial charge in [0.25, 0.3) is 0 Å². The van der Waals surface area contributed by atoms with Crippen LogP contribution in [0.1, 0.15) is 11.1 Å². The fraction of sp³-hybridized carbons (Fsp3) is 0.0667. The lowest BCUT2D eigenvalue weighted by Crippen LogP contribution is -2.25. The summed E-state index contributed by atoms with van der Waals surface area (Å²) >= 11 is 4.87. The Morgan fingerprint density at radius 2 is 1.96 bits per heavy atom. The number of hydrogen-bond donors (Lipinski definition) is 3. The summed E-state index contributed by atoms with van der Waals surface area (Å²) < 4.78 is 38.7. The number of para-hydroxylation sites is 1. The minimum Gasteiger partial charge on any atom is -0.502 e. The van der Waals surface area contributed by atoms with Gasteiger partial charge in [0, 0.05) is 11.6 Å². The van der Waals surface area contributed by atoms with Gasteiger partial charge in [-0.25, -0.2) is 0 Å². The van der Waals surface area contributed by atoms with Crippen molar-refractivity contribution < 1.29 is 23.2 Å². The number of benzene rings is 2. The molecule has 26 heavy (non-hydrogen) atoms. The van der Waals surface area contributed by atoms with Crippen molar-refractivity contribution in [3.8, 4) is 5.75 Å². The molecule has 0 fully saturated rings. The van der Waals surface area contributed by atoms with Gasteiger partial charge in [0.05, 0.1) is 22.4 Å². The lowest BCUT2D eigenvalue weighted by molar-refractivity contribution is -0.385. The van der Waals surface area contributed by atoms with Crippen LogP contribution in [0.3, 0.4) is 0 Å². The van der Waals surface area contributed by atoms with Crippen molar-refractivity contribution in [1.29, 1.82) is 0 Å². The van der Waals surface area contributed by atoms with Crippen LogP contribution in [0.5, 0.6) is 5.75 Å². The first kappa shape index (κ1) is 19.1. The zero-order valence-electron chi connectivity index (χ0n) is 12.8. The van der Waals surface area contributed by atoms with Crippen molar-refractivity contribution in [1.82, 2.24) is 5.43 Å². The van der Waals surface area contributed by atoms with E-state index in [1.165, 1.54) is 24.3 Å². The maximum absolute atomic E-state index is 12.9. The van der Waals surface area contributed by atoms with Crippen LogP contribution in [-0.2, 0) is 6.18 Å². The minimum absolute atomic E-state index is 0.203. The van der Waals surface area contributed by atoms with Crippen LogP contribution in [-0.4, -0.2) is 21.4 Å². The van der Waals surface area contributed by atoms with Crippen molar-refractivity contribution in [2.75, 3.05) is 5.32 Å². The Bertz CT molecular complexity index is 871. The van der Waals surface area contributed by atoms with E-state index in [4.69, 9.17) is 12.2 Å². The van der Waals surface area contributed by atoms with E-state index in [-0.39, 0.29) is 16.4 Å². The van der Waals surface area contributed by atoms with Crippen LogP contribution in [0.15, 0.2) is 47.6 Å². The third-order valence-corrected chi connectivity index (χ3v) is 3.25. The molecule has 0 aliphatic carbocycles. The highest BCUT2D eigenvalue weighted by molar-refractivity contribution is 7.80. The maximum Gasteiger partial charge on any atom is 0.418 e. The molecule has 0 unspecified atom stereocenters. The van der Waals surface area contributed by atoms with Crippen LogP contribution >= 0.6 is 12.2 Å². The normalized spacial score (nSPS) is 11.3. The van der Waals surface area contributed by atoms with E-state index >= 15 is 0 Å². The number of thiocarbonyl (C=S) groups is 1. The molecule has 2 aromatic rings. The van der Waals surface area contributed by atoms with E-state index in [2.05, 4.69) is 15.8 Å². The van der Waals surface area contributed by atoms with Gasteiger partial charge < -0.3 is 10.4 Å². The van der Waals surface area contributed by atoms with E-state index in [1.54, 1.807) is 0 Å². The molecule has 0 aromatic heterocycles. The van der Waals surface area contributed by atoms with Gasteiger partial charge in [-0.2, -0.15) is 18.3 Å². The predicted molar refractivity (Wildman–Crippen MR) is 93.2 cm³/mol. The average Bonchev–Trinajstić information content (AvgIpc) is 2.55. The zero-order chi connectivity index (χ0) is 19.3. The molecule has 2 aromatic carbocycles. The quantitative estimate of drug-likeness (QED) is 0.322. The summed E-state index contributed by atoms with van der Waals surface area (Å²) in [5, 5.41) is 26.0. The van der Waals surface area contributed by atoms with Gasteiger partial charge >= 0.3 is 11.9 Å². The molecule has 0 aliphatic rings. The van der Waals surface area contributed by atoms with Gasteiger partial charge in [-0.1, -0.05) is 12.1 Å². The van der Waals surface area contributed by atoms with Crippen LogP contribution in [0.4, 0.5) is 24.5 Å². The number of aromatic hydroxyl groups is 1. The first-order chi connectivity index (χ1) is 12.2. The molecule has 0 atom stereocenters. The Balaban J connectivity index is 2.05. The first-order valence-electron chi connectivity index (χ1n) is 6.92. The molecule has 0 aliphatic heterocycles. The van der Waals surface area contributed by atoms with Crippen LogP contribution in [0.25, 0.3) is 0 Å². The highest BCUT2D eigenvalue weighted by Gasteiger charge is 2.33. The second kappa shape index (κ2) is 7.78. The molecule has 11 heteroatoms. The summed E-state index contributed by atoms with van der Waals surface area (Å²) in [6, 6.07) is 8.35. The van der Waals surface area contributed by atoms with E-state index in [0.29, 0.717) is 0 Å². The fourth-order valence-electron chi connectivity index (χ4n) is 1.92. The third kappa shape index (κ3) is 4.89. The number of alkyl halides is 3. The Morgan fingerprint density at radius 3 is 2.62 bits per heavy atom. The number of nitro benzene ring substituents is 1. The fourth-order valence-corrected chi connectivity index (χ4v) is 2.08. The Hall–Kier alpha value is -3.21. The predicted octanol–water partition coefficient (Wildman–Crippen LogP) is 3.64. The highest BCUT2D eigenvalue weighted by Crippen LogP contribution is 2.34. The average molecular weight is 384 g/mol. The second-order valence-electron chi connectivity index (χ2n) is 4.87. The monoisotopic (exact) mass is 384 g/mol. The molecule has 0 saturated heterocycles. The van der Waals surface area contributed by atoms with Gasteiger partial charge in [0.1, 0.15) is 0 Å². The van der Waals surface area contributed by atoms with Crippen molar-refractivity contribution in [3.05, 3.63) is 63.7 Å². The Labute approximate surface area is 150 Å². The van der Waals surface area contributed by atoms with Crippen molar-refractivity contribution in [2.45, 2.75) is 6.18 Å². The minimum atomic E-state index is -4.55. The number of halogens is 3. The number of nitro groups is 1. The van der Waals surface area contributed by atoms with Crippen molar-refractivity contribution in [2.24, 2.45) is 5.10 Å². The first-order valence-corrected chi connectivity index (χ1v) is 7.33. The summed E-state index contributed by atoms with van der Waals surface area (Å²) in [7, 11) is 0. The number of rotatable bonds is 4. The number of anilines is 1. The van der Waals surface area contributed by atoms with Gasteiger partial charge in [-0.15, -0.1) is 0 Å². The topological polar surface area (TPSA) is 99.8 Å².